The molecule has 0 aliphatic heterocycles. The van der Waals surface area contributed by atoms with Gasteiger partial charge in [0.1, 0.15) is 0 Å². The highest BCUT2D eigenvalue weighted by Crippen LogP contribution is 2.17. The third-order valence-corrected chi connectivity index (χ3v) is 2.66. The quantitative estimate of drug-likeness (QED) is 0.632. The molecule has 18 heavy (non-hydrogen) atoms. The Morgan fingerprint density at radius 1 is 1.17 bits per heavy atom. The van der Waals surface area contributed by atoms with Crippen molar-refractivity contribution in [2.45, 2.75) is 0 Å². The molecule has 0 aliphatic rings. The van der Waals surface area contributed by atoms with Crippen LogP contribution < -0.4 is 4.90 Å². The molecule has 0 aliphatic carbocycles. The maximum Gasteiger partial charge on any atom is 0.414 e. The van der Waals surface area contributed by atoms with Gasteiger partial charge in [-0.05, 0) is 24.3 Å². The molecule has 0 fully saturated rings. The Balaban J connectivity index is 2.93. The van der Waals surface area contributed by atoms with Gasteiger partial charge in [-0.2, -0.15) is 0 Å². The van der Waals surface area contributed by atoms with Crippen LogP contribution in [-0.4, -0.2) is 38.2 Å². The van der Waals surface area contributed by atoms with Gasteiger partial charge in [0.05, 0.1) is 19.8 Å². The average Bonchev–Trinajstić information content (AvgIpc) is 2.43. The number of hydrogen-bond acceptors (Lipinski definition) is 4. The number of methoxy groups -OCH3 is 2. The standard InChI is InChI=1S/C12H14BrNO4/c1-17-11(15)9-3-5-10(6-4-9)14(8-7-13)12(16)18-2/h3-6H,7-8H2,1-2H3. The molecule has 0 bridgehead atoms. The van der Waals surface area contributed by atoms with E-state index in [9.17, 15) is 9.59 Å². The van der Waals surface area contributed by atoms with Crippen LogP contribution in [0.4, 0.5) is 10.5 Å². The van der Waals surface area contributed by atoms with Gasteiger partial charge < -0.3 is 9.47 Å². The number of carbonyl (C=O) groups excluding carboxylic acids is 2. The lowest BCUT2D eigenvalue weighted by Gasteiger charge is -2.20. The fourth-order valence-corrected chi connectivity index (χ4v) is 1.77. The zero-order valence-corrected chi connectivity index (χ0v) is 11.8. The van der Waals surface area contributed by atoms with E-state index in [1.165, 1.54) is 19.1 Å². The molecule has 1 aromatic rings. The lowest BCUT2D eigenvalue weighted by Crippen LogP contribution is -2.32. The number of amides is 1. The van der Waals surface area contributed by atoms with Crippen LogP contribution in [0.15, 0.2) is 24.3 Å². The first-order valence-corrected chi connectivity index (χ1v) is 6.36. The van der Waals surface area contributed by atoms with Crippen molar-refractivity contribution in [3.63, 3.8) is 0 Å². The predicted octanol–water partition coefficient (Wildman–Crippen LogP) is 2.44. The third-order valence-electron chi connectivity index (χ3n) is 2.30. The molecule has 0 saturated heterocycles. The zero-order chi connectivity index (χ0) is 13.5. The summed E-state index contributed by atoms with van der Waals surface area (Å²) in [6.45, 7) is 0.476. The minimum Gasteiger partial charge on any atom is -0.465 e. The number of benzene rings is 1. The molecule has 6 heteroatoms. The van der Waals surface area contributed by atoms with Gasteiger partial charge in [0.15, 0.2) is 0 Å². The van der Waals surface area contributed by atoms with E-state index >= 15 is 0 Å². The van der Waals surface area contributed by atoms with E-state index in [0.717, 1.165) is 0 Å². The van der Waals surface area contributed by atoms with Gasteiger partial charge in [0, 0.05) is 17.6 Å². The number of rotatable bonds is 4. The van der Waals surface area contributed by atoms with Crippen molar-refractivity contribution in [1.29, 1.82) is 0 Å². The first kappa shape index (κ1) is 14.5. The van der Waals surface area contributed by atoms with Crippen LogP contribution in [-0.2, 0) is 9.47 Å². The highest BCUT2D eigenvalue weighted by molar-refractivity contribution is 9.09. The highest BCUT2D eigenvalue weighted by atomic mass is 79.9. The minimum atomic E-state index is -0.444. The van der Waals surface area contributed by atoms with Crippen LogP contribution in [0.25, 0.3) is 0 Å². The van der Waals surface area contributed by atoms with Crippen LogP contribution in [0.1, 0.15) is 10.4 Å². The number of halogens is 1. The van der Waals surface area contributed by atoms with Crippen molar-refractivity contribution in [3.05, 3.63) is 29.8 Å². The number of anilines is 1. The summed E-state index contributed by atoms with van der Waals surface area (Å²) in [5, 5.41) is 0.626. The van der Waals surface area contributed by atoms with E-state index < -0.39 is 12.1 Å². The van der Waals surface area contributed by atoms with E-state index in [4.69, 9.17) is 4.74 Å². The molecule has 98 valence electrons. The maximum atomic E-state index is 11.6. The van der Waals surface area contributed by atoms with Gasteiger partial charge >= 0.3 is 12.1 Å². The van der Waals surface area contributed by atoms with E-state index in [1.807, 2.05) is 0 Å². The van der Waals surface area contributed by atoms with Crippen molar-refractivity contribution in [1.82, 2.24) is 0 Å². The summed E-state index contributed by atoms with van der Waals surface area (Å²) < 4.78 is 9.29. The molecule has 0 atom stereocenters. The molecule has 5 nitrogen and oxygen atoms in total. The lowest BCUT2D eigenvalue weighted by molar-refractivity contribution is 0.0600. The summed E-state index contributed by atoms with van der Waals surface area (Å²) in [7, 11) is 2.65. The Hall–Kier alpha value is -1.56. The van der Waals surface area contributed by atoms with Gasteiger partial charge in [-0.25, -0.2) is 9.59 Å². The molecule has 0 unspecified atom stereocenters. The fraction of sp³-hybridized carbons (Fsp3) is 0.333. The van der Waals surface area contributed by atoms with Crippen molar-refractivity contribution >= 4 is 33.7 Å². The first-order chi connectivity index (χ1) is 8.63. The molecular weight excluding hydrogens is 302 g/mol. The fourth-order valence-electron chi connectivity index (χ4n) is 1.42. The van der Waals surface area contributed by atoms with Crippen molar-refractivity contribution in [3.8, 4) is 0 Å². The predicted molar refractivity (Wildman–Crippen MR) is 71.3 cm³/mol. The molecule has 0 heterocycles. The monoisotopic (exact) mass is 315 g/mol. The van der Waals surface area contributed by atoms with Gasteiger partial charge in [-0.3, -0.25) is 4.90 Å². The van der Waals surface area contributed by atoms with Crippen LogP contribution in [0, 0.1) is 0 Å². The van der Waals surface area contributed by atoms with Crippen LogP contribution in [0.2, 0.25) is 0 Å². The summed E-state index contributed by atoms with van der Waals surface area (Å²) in [5.41, 5.74) is 1.10. The summed E-state index contributed by atoms with van der Waals surface area (Å²) in [4.78, 5) is 24.3. The average molecular weight is 316 g/mol. The number of alkyl halides is 1. The maximum absolute atomic E-state index is 11.6. The summed E-state index contributed by atoms with van der Waals surface area (Å²) in [6, 6.07) is 6.55. The molecule has 0 saturated carbocycles. The third kappa shape index (κ3) is 3.46. The van der Waals surface area contributed by atoms with Crippen molar-refractivity contribution < 1.29 is 19.1 Å². The molecule has 0 radical (unpaired) electrons. The van der Waals surface area contributed by atoms with E-state index in [1.54, 1.807) is 24.3 Å². The van der Waals surface area contributed by atoms with E-state index in [0.29, 0.717) is 23.1 Å². The largest absolute Gasteiger partial charge is 0.465 e. The van der Waals surface area contributed by atoms with Gasteiger partial charge in [-0.1, -0.05) is 15.9 Å². The molecule has 1 amide bonds. The van der Waals surface area contributed by atoms with Crippen LogP contribution in [0.5, 0.6) is 0 Å². The molecule has 0 spiro atoms. The minimum absolute atomic E-state index is 0.411. The number of carbonyl (C=O) groups is 2. The van der Waals surface area contributed by atoms with E-state index in [-0.39, 0.29) is 0 Å². The smallest absolute Gasteiger partial charge is 0.414 e. The highest BCUT2D eigenvalue weighted by Gasteiger charge is 2.15. The summed E-state index contributed by atoms with van der Waals surface area (Å²) in [6.07, 6.45) is -0.444. The lowest BCUT2D eigenvalue weighted by atomic mass is 10.2. The Bertz CT molecular complexity index is 419. The Morgan fingerprint density at radius 3 is 2.22 bits per heavy atom. The SMILES string of the molecule is COC(=O)c1ccc(N(CCBr)C(=O)OC)cc1. The number of esters is 1. The first-order valence-electron chi connectivity index (χ1n) is 5.24. The second-order valence-corrected chi connectivity index (χ2v) is 4.14. The second-order valence-electron chi connectivity index (χ2n) is 3.35. The summed E-state index contributed by atoms with van der Waals surface area (Å²) >= 11 is 3.27. The normalized spacial score (nSPS) is 9.72. The van der Waals surface area contributed by atoms with Crippen molar-refractivity contribution in [2.24, 2.45) is 0 Å². The van der Waals surface area contributed by atoms with Crippen molar-refractivity contribution in [2.75, 3.05) is 31.0 Å². The number of nitrogens with zero attached hydrogens (tertiary/aromatic N) is 1. The zero-order valence-electron chi connectivity index (χ0n) is 10.2. The molecule has 1 aromatic carbocycles. The Kier molecular flexibility index (Phi) is 5.64. The van der Waals surface area contributed by atoms with Gasteiger partial charge in [0.2, 0.25) is 0 Å². The Morgan fingerprint density at radius 2 is 1.78 bits per heavy atom. The number of hydrogen-bond donors (Lipinski definition) is 0. The molecule has 0 aromatic heterocycles. The molecule has 0 N–H and O–H groups in total. The van der Waals surface area contributed by atoms with Crippen LogP contribution in [0.3, 0.4) is 0 Å². The molecule has 1 rings (SSSR count). The Labute approximate surface area is 114 Å². The van der Waals surface area contributed by atoms with Crippen LogP contribution >= 0.6 is 15.9 Å². The second kappa shape index (κ2) is 7.00. The number of ether oxygens (including phenoxy) is 2. The van der Waals surface area contributed by atoms with Gasteiger partial charge in [-0.15, -0.1) is 0 Å². The molecular formula is C12H14BrNO4. The van der Waals surface area contributed by atoms with E-state index in [2.05, 4.69) is 20.7 Å². The summed E-state index contributed by atoms with van der Waals surface area (Å²) in [5.74, 6) is -0.411. The van der Waals surface area contributed by atoms with Gasteiger partial charge in [0.25, 0.3) is 0 Å². The topological polar surface area (TPSA) is 55.8 Å².